The highest BCUT2D eigenvalue weighted by Gasteiger charge is 2.09. The summed E-state index contributed by atoms with van der Waals surface area (Å²) in [6.45, 7) is 2.53. The smallest absolute Gasteiger partial charge is 0.410 e. The molecule has 1 heterocycles. The minimum Gasteiger partial charge on any atom is -0.410 e. The first-order valence-electron chi connectivity index (χ1n) is 5.21. The molecule has 0 spiro atoms. The number of nitrogens with one attached hydrogen (secondary N) is 1. The molecule has 0 aliphatic heterocycles. The maximum absolute atomic E-state index is 11.5. The molecule has 0 bridgehead atoms. The number of hydrogen-bond acceptors (Lipinski definition) is 2. The summed E-state index contributed by atoms with van der Waals surface area (Å²) < 4.78 is 5.21. The zero-order chi connectivity index (χ0) is 11.5. The van der Waals surface area contributed by atoms with Crippen molar-refractivity contribution in [2.24, 2.45) is 0 Å². The van der Waals surface area contributed by atoms with Gasteiger partial charge in [0.25, 0.3) is 0 Å². The average Bonchev–Trinajstić information content (AvgIpc) is 2.75. The van der Waals surface area contributed by atoms with Gasteiger partial charge in [-0.3, -0.25) is 0 Å². The Morgan fingerprint density at radius 1 is 1.44 bits per heavy atom. The number of benzene rings is 1. The summed E-state index contributed by atoms with van der Waals surface area (Å²) in [5, 5.41) is 1.10. The zero-order valence-corrected chi connectivity index (χ0v) is 9.36. The van der Waals surface area contributed by atoms with E-state index in [-0.39, 0.29) is 6.09 Å². The van der Waals surface area contributed by atoms with Gasteiger partial charge in [0.2, 0.25) is 0 Å². The Kier molecular flexibility index (Phi) is 2.81. The number of carbonyl (C=O) groups excluding carboxylic acids is 1. The van der Waals surface area contributed by atoms with Crippen molar-refractivity contribution in [2.45, 2.75) is 6.92 Å². The second-order valence-electron chi connectivity index (χ2n) is 3.61. The molecule has 4 nitrogen and oxygen atoms in total. The predicted octanol–water partition coefficient (Wildman–Crippen LogP) is 2.62. The predicted molar refractivity (Wildman–Crippen MR) is 62.6 cm³/mol. The van der Waals surface area contributed by atoms with Crippen LogP contribution in [0.2, 0.25) is 0 Å². The van der Waals surface area contributed by atoms with E-state index in [2.05, 4.69) is 4.98 Å². The van der Waals surface area contributed by atoms with E-state index in [1.807, 2.05) is 31.3 Å². The highest BCUT2D eigenvalue weighted by atomic mass is 16.6. The van der Waals surface area contributed by atoms with Crippen LogP contribution in [0.1, 0.15) is 6.92 Å². The number of H-pyrrole nitrogens is 1. The SMILES string of the molecule is CCN(C)C(=O)Oc1ccc2cc[nH]c2c1. The van der Waals surface area contributed by atoms with E-state index in [0.29, 0.717) is 12.3 Å². The molecule has 1 aromatic heterocycles. The molecule has 0 saturated carbocycles. The van der Waals surface area contributed by atoms with Crippen molar-refractivity contribution < 1.29 is 9.53 Å². The van der Waals surface area contributed by atoms with E-state index in [1.54, 1.807) is 13.1 Å². The topological polar surface area (TPSA) is 45.3 Å². The average molecular weight is 218 g/mol. The van der Waals surface area contributed by atoms with Crippen LogP contribution in [0.3, 0.4) is 0 Å². The van der Waals surface area contributed by atoms with Crippen molar-refractivity contribution in [1.29, 1.82) is 0 Å². The summed E-state index contributed by atoms with van der Waals surface area (Å²) >= 11 is 0. The van der Waals surface area contributed by atoms with Crippen LogP contribution in [0.25, 0.3) is 10.9 Å². The van der Waals surface area contributed by atoms with Crippen LogP contribution in [0.4, 0.5) is 4.79 Å². The van der Waals surface area contributed by atoms with Crippen molar-refractivity contribution in [3.8, 4) is 5.75 Å². The molecule has 0 atom stereocenters. The lowest BCUT2D eigenvalue weighted by Crippen LogP contribution is -2.29. The highest BCUT2D eigenvalue weighted by Crippen LogP contribution is 2.19. The van der Waals surface area contributed by atoms with Gasteiger partial charge in [-0.15, -0.1) is 0 Å². The Labute approximate surface area is 93.8 Å². The number of carbonyl (C=O) groups is 1. The van der Waals surface area contributed by atoms with Gasteiger partial charge in [0, 0.05) is 31.4 Å². The fourth-order valence-electron chi connectivity index (χ4n) is 1.40. The second-order valence-corrected chi connectivity index (χ2v) is 3.61. The van der Waals surface area contributed by atoms with Crippen molar-refractivity contribution in [1.82, 2.24) is 9.88 Å². The number of fused-ring (bicyclic) bond motifs is 1. The summed E-state index contributed by atoms with van der Waals surface area (Å²) in [4.78, 5) is 16.1. The van der Waals surface area contributed by atoms with Crippen molar-refractivity contribution in [3.63, 3.8) is 0 Å². The third-order valence-electron chi connectivity index (χ3n) is 2.52. The first-order chi connectivity index (χ1) is 7.70. The molecule has 0 aliphatic rings. The molecule has 0 fully saturated rings. The fourth-order valence-corrected chi connectivity index (χ4v) is 1.40. The Morgan fingerprint density at radius 3 is 3.00 bits per heavy atom. The van der Waals surface area contributed by atoms with Crippen LogP contribution in [-0.4, -0.2) is 29.6 Å². The fraction of sp³-hybridized carbons (Fsp3) is 0.250. The Morgan fingerprint density at radius 2 is 2.25 bits per heavy atom. The Balaban J connectivity index is 2.17. The maximum atomic E-state index is 11.5. The van der Waals surface area contributed by atoms with E-state index in [9.17, 15) is 4.79 Å². The second kappa shape index (κ2) is 4.26. The molecule has 1 amide bonds. The van der Waals surface area contributed by atoms with Gasteiger partial charge in [0.15, 0.2) is 0 Å². The molecule has 0 unspecified atom stereocenters. The number of ether oxygens (including phenoxy) is 1. The van der Waals surface area contributed by atoms with E-state index in [0.717, 1.165) is 10.9 Å². The lowest BCUT2D eigenvalue weighted by Gasteiger charge is -2.13. The third kappa shape index (κ3) is 2.00. The lowest BCUT2D eigenvalue weighted by molar-refractivity contribution is 0.165. The zero-order valence-electron chi connectivity index (χ0n) is 9.36. The number of amides is 1. The van der Waals surface area contributed by atoms with Gasteiger partial charge < -0.3 is 14.6 Å². The van der Waals surface area contributed by atoms with Crippen LogP contribution >= 0.6 is 0 Å². The van der Waals surface area contributed by atoms with E-state index in [4.69, 9.17) is 4.74 Å². The molecule has 0 saturated heterocycles. The van der Waals surface area contributed by atoms with Gasteiger partial charge in [-0.05, 0) is 30.5 Å². The molecule has 0 radical (unpaired) electrons. The number of hydrogen-bond donors (Lipinski definition) is 1. The normalized spacial score (nSPS) is 10.4. The third-order valence-corrected chi connectivity index (χ3v) is 2.52. The summed E-state index contributed by atoms with van der Waals surface area (Å²) in [6.07, 6.45) is 1.52. The van der Waals surface area contributed by atoms with E-state index < -0.39 is 0 Å². The van der Waals surface area contributed by atoms with Crippen molar-refractivity contribution in [2.75, 3.05) is 13.6 Å². The largest absolute Gasteiger partial charge is 0.414 e. The Bertz CT molecular complexity index is 504. The van der Waals surface area contributed by atoms with Crippen LogP contribution in [0.15, 0.2) is 30.5 Å². The van der Waals surface area contributed by atoms with Crippen LogP contribution in [0, 0.1) is 0 Å². The molecule has 1 N–H and O–H groups in total. The summed E-state index contributed by atoms with van der Waals surface area (Å²) in [7, 11) is 1.70. The first-order valence-corrected chi connectivity index (χ1v) is 5.21. The standard InChI is InChI=1S/C12H14N2O2/c1-3-14(2)12(15)16-10-5-4-9-6-7-13-11(9)8-10/h4-8,13H,3H2,1-2H3. The van der Waals surface area contributed by atoms with Gasteiger partial charge in [-0.1, -0.05) is 0 Å². The van der Waals surface area contributed by atoms with Crippen LogP contribution < -0.4 is 4.74 Å². The van der Waals surface area contributed by atoms with Gasteiger partial charge in [0.05, 0.1) is 0 Å². The number of nitrogens with zero attached hydrogens (tertiary/aromatic N) is 1. The summed E-state index contributed by atoms with van der Waals surface area (Å²) in [6, 6.07) is 7.49. The van der Waals surface area contributed by atoms with Gasteiger partial charge >= 0.3 is 6.09 Å². The molecular weight excluding hydrogens is 204 g/mol. The quantitative estimate of drug-likeness (QED) is 0.842. The minimum atomic E-state index is -0.339. The van der Waals surface area contributed by atoms with E-state index in [1.165, 1.54) is 4.90 Å². The molecule has 2 aromatic rings. The maximum Gasteiger partial charge on any atom is 0.414 e. The number of aromatic nitrogens is 1. The monoisotopic (exact) mass is 218 g/mol. The molecule has 84 valence electrons. The van der Waals surface area contributed by atoms with Crippen molar-refractivity contribution >= 4 is 17.0 Å². The van der Waals surface area contributed by atoms with E-state index >= 15 is 0 Å². The molecular formula is C12H14N2O2. The van der Waals surface area contributed by atoms with Crippen LogP contribution in [-0.2, 0) is 0 Å². The molecule has 2 rings (SSSR count). The summed E-state index contributed by atoms with van der Waals surface area (Å²) in [5.41, 5.74) is 0.962. The Hall–Kier alpha value is -1.97. The van der Waals surface area contributed by atoms with Gasteiger partial charge in [0.1, 0.15) is 5.75 Å². The summed E-state index contributed by atoms with van der Waals surface area (Å²) in [5.74, 6) is 0.556. The minimum absolute atomic E-state index is 0.339. The lowest BCUT2D eigenvalue weighted by atomic mass is 10.2. The molecule has 4 heteroatoms. The molecule has 1 aromatic carbocycles. The first kappa shape index (κ1) is 10.5. The molecule has 16 heavy (non-hydrogen) atoms. The van der Waals surface area contributed by atoms with Gasteiger partial charge in [-0.25, -0.2) is 4.79 Å². The van der Waals surface area contributed by atoms with Crippen molar-refractivity contribution in [3.05, 3.63) is 30.5 Å². The number of rotatable bonds is 2. The van der Waals surface area contributed by atoms with Crippen LogP contribution in [0.5, 0.6) is 5.75 Å². The highest BCUT2D eigenvalue weighted by molar-refractivity contribution is 5.81. The van der Waals surface area contributed by atoms with Gasteiger partial charge in [-0.2, -0.15) is 0 Å². The number of aromatic amines is 1. The molecule has 0 aliphatic carbocycles.